The number of aromatic nitrogens is 2. The molecular formula is C18H21N3O3. The molecule has 0 radical (unpaired) electrons. The van der Waals surface area contributed by atoms with E-state index in [-0.39, 0.29) is 17.9 Å². The third kappa shape index (κ3) is 2.84. The number of carbonyl (C=O) groups excluding carboxylic acids is 1. The van der Waals surface area contributed by atoms with Crippen molar-refractivity contribution in [2.45, 2.75) is 38.3 Å². The van der Waals surface area contributed by atoms with Crippen molar-refractivity contribution in [1.82, 2.24) is 14.9 Å². The van der Waals surface area contributed by atoms with Crippen LogP contribution in [0.4, 0.5) is 0 Å². The van der Waals surface area contributed by atoms with Gasteiger partial charge in [0.1, 0.15) is 19.0 Å². The predicted octanol–water partition coefficient (Wildman–Crippen LogP) is 1.89. The van der Waals surface area contributed by atoms with E-state index < -0.39 is 0 Å². The minimum atomic E-state index is -0.231. The molecular weight excluding hydrogens is 306 g/mol. The molecule has 6 nitrogen and oxygen atoms in total. The molecule has 2 atom stereocenters. The van der Waals surface area contributed by atoms with Gasteiger partial charge in [0.15, 0.2) is 11.5 Å². The highest BCUT2D eigenvalue weighted by Gasteiger charge is 2.24. The van der Waals surface area contributed by atoms with Crippen molar-refractivity contribution in [3.8, 4) is 11.5 Å². The van der Waals surface area contributed by atoms with E-state index >= 15 is 0 Å². The maximum absolute atomic E-state index is 12.6. The SMILES string of the molecule is CC(C(=O)NC1CCc2nccn2C1)c1ccc2c(c1)OCCO2. The van der Waals surface area contributed by atoms with Gasteiger partial charge in [0.25, 0.3) is 0 Å². The van der Waals surface area contributed by atoms with Crippen molar-refractivity contribution < 1.29 is 14.3 Å². The van der Waals surface area contributed by atoms with Gasteiger partial charge in [-0.05, 0) is 31.0 Å². The first-order chi connectivity index (χ1) is 11.7. The van der Waals surface area contributed by atoms with Crippen LogP contribution < -0.4 is 14.8 Å². The number of nitrogens with zero attached hydrogens (tertiary/aromatic N) is 2. The van der Waals surface area contributed by atoms with E-state index in [0.717, 1.165) is 42.3 Å². The summed E-state index contributed by atoms with van der Waals surface area (Å²) in [7, 11) is 0. The molecule has 4 rings (SSSR count). The zero-order valence-electron chi connectivity index (χ0n) is 13.7. The molecule has 24 heavy (non-hydrogen) atoms. The second kappa shape index (κ2) is 6.19. The van der Waals surface area contributed by atoms with E-state index in [1.54, 1.807) is 0 Å². The van der Waals surface area contributed by atoms with E-state index in [4.69, 9.17) is 9.47 Å². The maximum Gasteiger partial charge on any atom is 0.227 e. The summed E-state index contributed by atoms with van der Waals surface area (Å²) < 4.78 is 13.3. The fourth-order valence-corrected chi connectivity index (χ4v) is 3.29. The first-order valence-corrected chi connectivity index (χ1v) is 8.40. The number of hydrogen-bond donors (Lipinski definition) is 1. The molecule has 2 unspecified atom stereocenters. The van der Waals surface area contributed by atoms with Crippen LogP contribution in [0.25, 0.3) is 0 Å². The average molecular weight is 327 g/mol. The number of rotatable bonds is 3. The topological polar surface area (TPSA) is 65.4 Å². The van der Waals surface area contributed by atoms with E-state index in [1.165, 1.54) is 0 Å². The van der Waals surface area contributed by atoms with Gasteiger partial charge in [-0.3, -0.25) is 4.79 Å². The average Bonchev–Trinajstić information content (AvgIpc) is 3.08. The number of nitrogens with one attached hydrogen (secondary N) is 1. The third-order valence-corrected chi connectivity index (χ3v) is 4.74. The summed E-state index contributed by atoms with van der Waals surface area (Å²) in [5, 5.41) is 3.17. The number of benzene rings is 1. The van der Waals surface area contributed by atoms with E-state index in [2.05, 4.69) is 14.9 Å². The Bertz CT molecular complexity index is 756. The van der Waals surface area contributed by atoms with Gasteiger partial charge in [-0.25, -0.2) is 4.98 Å². The van der Waals surface area contributed by atoms with Gasteiger partial charge < -0.3 is 19.4 Å². The predicted molar refractivity (Wildman–Crippen MR) is 88.3 cm³/mol. The van der Waals surface area contributed by atoms with Crippen molar-refractivity contribution in [3.05, 3.63) is 42.0 Å². The molecule has 1 amide bonds. The highest BCUT2D eigenvalue weighted by Crippen LogP contribution is 2.33. The van der Waals surface area contributed by atoms with Crippen molar-refractivity contribution in [1.29, 1.82) is 0 Å². The second-order valence-electron chi connectivity index (χ2n) is 6.36. The van der Waals surface area contributed by atoms with Crippen LogP contribution in [0.1, 0.15) is 30.7 Å². The minimum Gasteiger partial charge on any atom is -0.486 e. The molecule has 1 aromatic carbocycles. The molecule has 2 aliphatic rings. The first kappa shape index (κ1) is 15.1. The van der Waals surface area contributed by atoms with Gasteiger partial charge in [-0.1, -0.05) is 6.07 Å². The number of aryl methyl sites for hydroxylation is 1. The first-order valence-electron chi connectivity index (χ1n) is 8.40. The van der Waals surface area contributed by atoms with Gasteiger partial charge >= 0.3 is 0 Å². The maximum atomic E-state index is 12.6. The van der Waals surface area contributed by atoms with Crippen LogP contribution in [0.2, 0.25) is 0 Å². The lowest BCUT2D eigenvalue weighted by atomic mass is 9.98. The molecule has 2 aliphatic heterocycles. The van der Waals surface area contributed by atoms with Crippen molar-refractivity contribution in [2.75, 3.05) is 13.2 Å². The minimum absolute atomic E-state index is 0.0419. The molecule has 6 heteroatoms. The lowest BCUT2D eigenvalue weighted by Crippen LogP contribution is -2.42. The number of hydrogen-bond acceptors (Lipinski definition) is 4. The van der Waals surface area contributed by atoms with Crippen LogP contribution in [0, 0.1) is 0 Å². The zero-order chi connectivity index (χ0) is 16.5. The van der Waals surface area contributed by atoms with Gasteiger partial charge in [0, 0.05) is 31.4 Å². The van der Waals surface area contributed by atoms with Gasteiger partial charge in [0.05, 0.1) is 5.92 Å². The summed E-state index contributed by atoms with van der Waals surface area (Å²) in [5.74, 6) is 2.38. The normalized spacial score (nSPS) is 20.1. The fraction of sp³-hybridized carbons (Fsp3) is 0.444. The Balaban J connectivity index is 1.43. The fourth-order valence-electron chi connectivity index (χ4n) is 3.29. The Morgan fingerprint density at radius 3 is 3.04 bits per heavy atom. The van der Waals surface area contributed by atoms with Crippen molar-refractivity contribution >= 4 is 5.91 Å². The third-order valence-electron chi connectivity index (χ3n) is 4.74. The molecule has 1 N–H and O–H groups in total. The molecule has 2 aromatic rings. The van der Waals surface area contributed by atoms with E-state index in [1.807, 2.05) is 37.5 Å². The van der Waals surface area contributed by atoms with Gasteiger partial charge in [-0.2, -0.15) is 0 Å². The van der Waals surface area contributed by atoms with Crippen LogP contribution in [-0.2, 0) is 17.8 Å². The molecule has 0 bridgehead atoms. The molecule has 1 aromatic heterocycles. The van der Waals surface area contributed by atoms with Crippen LogP contribution in [0.15, 0.2) is 30.6 Å². The molecule has 0 spiro atoms. The Labute approximate surface area is 140 Å². The highest BCUT2D eigenvalue weighted by atomic mass is 16.6. The Morgan fingerprint density at radius 1 is 1.33 bits per heavy atom. The summed E-state index contributed by atoms with van der Waals surface area (Å²) in [6, 6.07) is 5.88. The quantitative estimate of drug-likeness (QED) is 0.935. The molecule has 0 saturated heterocycles. The zero-order valence-corrected chi connectivity index (χ0v) is 13.7. The summed E-state index contributed by atoms with van der Waals surface area (Å²) in [6.45, 7) is 3.83. The van der Waals surface area contributed by atoms with Crippen LogP contribution in [0.3, 0.4) is 0 Å². The summed E-state index contributed by atoms with van der Waals surface area (Å²) >= 11 is 0. The van der Waals surface area contributed by atoms with Crippen LogP contribution in [0.5, 0.6) is 11.5 Å². The highest BCUT2D eigenvalue weighted by molar-refractivity contribution is 5.83. The Kier molecular flexibility index (Phi) is 3.88. The molecule has 0 saturated carbocycles. The van der Waals surface area contributed by atoms with Crippen LogP contribution >= 0.6 is 0 Å². The molecule has 0 aliphatic carbocycles. The largest absolute Gasteiger partial charge is 0.486 e. The second-order valence-corrected chi connectivity index (χ2v) is 6.36. The number of fused-ring (bicyclic) bond motifs is 2. The lowest BCUT2D eigenvalue weighted by molar-refractivity contribution is -0.123. The lowest BCUT2D eigenvalue weighted by Gasteiger charge is -2.26. The van der Waals surface area contributed by atoms with Gasteiger partial charge in [0.2, 0.25) is 5.91 Å². The molecule has 3 heterocycles. The molecule has 0 fully saturated rings. The standard InChI is InChI=1S/C18H21N3O3/c1-12(13-2-4-15-16(10-13)24-9-8-23-15)18(22)20-14-3-5-17-19-6-7-21(17)11-14/h2,4,6-7,10,12,14H,3,5,8-9,11H2,1H3,(H,20,22). The van der Waals surface area contributed by atoms with Crippen molar-refractivity contribution in [3.63, 3.8) is 0 Å². The monoisotopic (exact) mass is 327 g/mol. The number of imidazole rings is 1. The van der Waals surface area contributed by atoms with E-state index in [9.17, 15) is 4.79 Å². The van der Waals surface area contributed by atoms with Gasteiger partial charge in [-0.15, -0.1) is 0 Å². The van der Waals surface area contributed by atoms with Crippen LogP contribution in [-0.4, -0.2) is 34.7 Å². The van der Waals surface area contributed by atoms with E-state index in [0.29, 0.717) is 13.2 Å². The summed E-state index contributed by atoms with van der Waals surface area (Å²) in [6.07, 6.45) is 5.61. The number of amides is 1. The summed E-state index contributed by atoms with van der Waals surface area (Å²) in [4.78, 5) is 16.9. The van der Waals surface area contributed by atoms with Crippen molar-refractivity contribution in [2.24, 2.45) is 0 Å². The Morgan fingerprint density at radius 2 is 2.17 bits per heavy atom. The Hall–Kier alpha value is -2.50. The number of carbonyl (C=O) groups is 1. The smallest absolute Gasteiger partial charge is 0.227 e. The molecule has 126 valence electrons. The summed E-state index contributed by atoms with van der Waals surface area (Å²) in [5.41, 5.74) is 0.941. The number of ether oxygens (including phenoxy) is 2.